The van der Waals surface area contributed by atoms with E-state index in [9.17, 15) is 27.2 Å². The van der Waals surface area contributed by atoms with Gasteiger partial charge in [-0.2, -0.15) is 13.2 Å². The summed E-state index contributed by atoms with van der Waals surface area (Å²) in [6.07, 6.45) is 14.9. The van der Waals surface area contributed by atoms with Crippen molar-refractivity contribution in [2.45, 2.75) is 129 Å². The second kappa shape index (κ2) is 19.0. The fraction of sp³-hybridized carbons (Fsp3) is 0.724. The smallest absolute Gasteiger partial charge is 0.417 e. The van der Waals surface area contributed by atoms with E-state index >= 15 is 0 Å². The lowest BCUT2D eigenvalue weighted by Gasteiger charge is -2.16. The number of alkyl halides is 3. The van der Waals surface area contributed by atoms with Crippen LogP contribution in [0.3, 0.4) is 0 Å². The van der Waals surface area contributed by atoms with Crippen LogP contribution in [0.15, 0.2) is 18.2 Å². The van der Waals surface area contributed by atoms with Crippen LogP contribution in [0.5, 0.6) is 0 Å². The van der Waals surface area contributed by atoms with Crippen LogP contribution >= 0.6 is 0 Å². The van der Waals surface area contributed by atoms with Crippen LogP contribution in [0.4, 0.5) is 17.6 Å². The summed E-state index contributed by atoms with van der Waals surface area (Å²) in [5, 5.41) is 2.16. The highest BCUT2D eigenvalue weighted by atomic mass is 19.4. The molecule has 4 nitrogen and oxygen atoms in total. The maximum absolute atomic E-state index is 13.4. The molecule has 1 unspecified atom stereocenters. The van der Waals surface area contributed by atoms with E-state index in [-0.39, 0.29) is 6.61 Å². The molecule has 8 heteroatoms. The standard InChI is InChI=1S/C29H45F4NO3/c1-3-4-5-6-7-8-9-10-11-12-13-14-15-16-17-18-21-37-28(36)23(2)34-27(35)25-22-24(30)19-20-26(25)29(31,32)33/h19-20,22-23H,3-18,21H2,1-2H3,(H,34,35). The summed E-state index contributed by atoms with van der Waals surface area (Å²) in [6.45, 7) is 3.75. The highest BCUT2D eigenvalue weighted by Crippen LogP contribution is 2.32. The van der Waals surface area contributed by atoms with E-state index in [1.54, 1.807) is 0 Å². The van der Waals surface area contributed by atoms with Crippen molar-refractivity contribution in [2.75, 3.05) is 6.61 Å². The van der Waals surface area contributed by atoms with Crippen LogP contribution in [0, 0.1) is 5.82 Å². The van der Waals surface area contributed by atoms with Crippen molar-refractivity contribution in [3.05, 3.63) is 35.1 Å². The quantitative estimate of drug-likeness (QED) is 0.104. The van der Waals surface area contributed by atoms with E-state index in [0.29, 0.717) is 24.6 Å². The first kappa shape index (κ1) is 32.9. The highest BCUT2D eigenvalue weighted by molar-refractivity contribution is 5.98. The number of esters is 1. The normalized spacial score (nSPS) is 12.4. The number of nitrogens with one attached hydrogen (secondary N) is 1. The highest BCUT2D eigenvalue weighted by Gasteiger charge is 2.36. The predicted molar refractivity (Wildman–Crippen MR) is 139 cm³/mol. The molecule has 0 radical (unpaired) electrons. The van der Waals surface area contributed by atoms with Crippen LogP contribution in [0.2, 0.25) is 0 Å². The molecule has 1 amide bonds. The van der Waals surface area contributed by atoms with Gasteiger partial charge in [-0.05, 0) is 31.5 Å². The molecule has 0 spiro atoms. The van der Waals surface area contributed by atoms with Crippen molar-refractivity contribution in [2.24, 2.45) is 0 Å². The van der Waals surface area contributed by atoms with Gasteiger partial charge < -0.3 is 10.1 Å². The molecule has 0 fully saturated rings. The van der Waals surface area contributed by atoms with E-state index in [0.717, 1.165) is 19.3 Å². The lowest BCUT2D eigenvalue weighted by atomic mass is 10.0. The number of rotatable bonds is 20. The second-order valence-corrected chi connectivity index (χ2v) is 9.85. The third-order valence-corrected chi connectivity index (χ3v) is 6.48. The van der Waals surface area contributed by atoms with Crippen LogP contribution in [-0.2, 0) is 15.7 Å². The number of hydrogen-bond acceptors (Lipinski definition) is 3. The fourth-order valence-corrected chi connectivity index (χ4v) is 4.23. The summed E-state index contributed by atoms with van der Waals surface area (Å²) in [5.41, 5.74) is -2.13. The average Bonchev–Trinajstić information content (AvgIpc) is 2.84. The first-order valence-electron chi connectivity index (χ1n) is 14.0. The van der Waals surface area contributed by atoms with Gasteiger partial charge in [0.25, 0.3) is 5.91 Å². The van der Waals surface area contributed by atoms with Gasteiger partial charge in [0, 0.05) is 0 Å². The molecule has 0 heterocycles. The van der Waals surface area contributed by atoms with E-state index in [2.05, 4.69) is 12.2 Å². The number of carbonyl (C=O) groups is 2. The summed E-state index contributed by atoms with van der Waals surface area (Å²) < 4.78 is 57.8. The summed E-state index contributed by atoms with van der Waals surface area (Å²) in [5.74, 6) is -2.89. The number of amides is 1. The lowest BCUT2D eigenvalue weighted by Crippen LogP contribution is -2.40. The Morgan fingerprint density at radius 3 is 1.73 bits per heavy atom. The lowest BCUT2D eigenvalue weighted by molar-refractivity contribution is -0.145. The number of ether oxygens (including phenoxy) is 1. The minimum absolute atomic E-state index is 0.186. The summed E-state index contributed by atoms with van der Waals surface area (Å²) >= 11 is 0. The molecule has 0 aliphatic rings. The van der Waals surface area contributed by atoms with Crippen LogP contribution in [0.25, 0.3) is 0 Å². The maximum Gasteiger partial charge on any atom is 0.417 e. The molecule has 1 aromatic carbocycles. The van der Waals surface area contributed by atoms with Crippen molar-refractivity contribution in [3.63, 3.8) is 0 Å². The van der Waals surface area contributed by atoms with Gasteiger partial charge in [0.1, 0.15) is 11.9 Å². The van der Waals surface area contributed by atoms with Crippen molar-refractivity contribution in [3.8, 4) is 0 Å². The Kier molecular flexibility index (Phi) is 16.9. The molecule has 37 heavy (non-hydrogen) atoms. The van der Waals surface area contributed by atoms with Gasteiger partial charge in [0.2, 0.25) is 0 Å². The minimum atomic E-state index is -4.82. The van der Waals surface area contributed by atoms with Crippen LogP contribution in [0.1, 0.15) is 133 Å². The molecule has 1 aromatic rings. The third-order valence-electron chi connectivity index (χ3n) is 6.48. The van der Waals surface area contributed by atoms with Gasteiger partial charge in [-0.25, -0.2) is 9.18 Å². The fourth-order valence-electron chi connectivity index (χ4n) is 4.23. The molecule has 0 saturated heterocycles. The molecule has 0 saturated carbocycles. The van der Waals surface area contributed by atoms with Gasteiger partial charge in [0.15, 0.2) is 0 Å². The average molecular weight is 532 g/mol. The predicted octanol–water partition coefficient (Wildman–Crippen LogP) is 8.77. The summed E-state index contributed by atoms with van der Waals surface area (Å²) in [7, 11) is 0. The summed E-state index contributed by atoms with van der Waals surface area (Å²) in [4.78, 5) is 24.3. The molecule has 0 bridgehead atoms. The van der Waals surface area contributed by atoms with E-state index in [4.69, 9.17) is 4.74 Å². The zero-order chi connectivity index (χ0) is 27.5. The molecule has 0 aromatic heterocycles. The molecule has 1 rings (SSSR count). The third kappa shape index (κ3) is 15.0. The van der Waals surface area contributed by atoms with Gasteiger partial charge in [-0.15, -0.1) is 0 Å². The van der Waals surface area contributed by atoms with E-state index in [1.165, 1.54) is 84.0 Å². The molecular formula is C29H45F4NO3. The van der Waals surface area contributed by atoms with Crippen LogP contribution < -0.4 is 5.32 Å². The first-order valence-corrected chi connectivity index (χ1v) is 14.0. The summed E-state index contributed by atoms with van der Waals surface area (Å²) in [6, 6.07) is 0.491. The van der Waals surface area contributed by atoms with Crippen LogP contribution in [-0.4, -0.2) is 24.5 Å². The SMILES string of the molecule is CCCCCCCCCCCCCCCCCCOC(=O)C(C)NC(=O)c1cc(F)ccc1C(F)(F)F. The Balaban J connectivity index is 2.08. The first-order chi connectivity index (χ1) is 17.7. The van der Waals surface area contributed by atoms with Crippen molar-refractivity contribution >= 4 is 11.9 Å². The number of unbranched alkanes of at least 4 members (excludes halogenated alkanes) is 15. The number of benzene rings is 1. The molecule has 0 aliphatic carbocycles. The van der Waals surface area contributed by atoms with Gasteiger partial charge in [-0.3, -0.25) is 4.79 Å². The Labute approximate surface area is 219 Å². The zero-order valence-corrected chi connectivity index (χ0v) is 22.6. The second-order valence-electron chi connectivity index (χ2n) is 9.85. The van der Waals surface area contributed by atoms with Gasteiger partial charge in [0.05, 0.1) is 17.7 Å². The van der Waals surface area contributed by atoms with Crippen molar-refractivity contribution in [1.82, 2.24) is 5.32 Å². The Bertz CT molecular complexity index is 783. The largest absolute Gasteiger partial charge is 0.464 e. The van der Waals surface area contributed by atoms with Gasteiger partial charge in [-0.1, -0.05) is 103 Å². The molecular weight excluding hydrogens is 486 g/mol. The van der Waals surface area contributed by atoms with E-state index in [1.807, 2.05) is 0 Å². The molecule has 0 aliphatic heterocycles. The van der Waals surface area contributed by atoms with E-state index < -0.39 is 41.0 Å². The van der Waals surface area contributed by atoms with Gasteiger partial charge >= 0.3 is 12.1 Å². The topological polar surface area (TPSA) is 55.4 Å². The molecule has 212 valence electrons. The monoisotopic (exact) mass is 531 g/mol. The minimum Gasteiger partial charge on any atom is -0.464 e. The number of halogens is 4. The van der Waals surface area contributed by atoms with Crippen molar-refractivity contribution in [1.29, 1.82) is 0 Å². The Morgan fingerprint density at radius 2 is 1.27 bits per heavy atom. The number of hydrogen-bond donors (Lipinski definition) is 1. The zero-order valence-electron chi connectivity index (χ0n) is 22.6. The Hall–Kier alpha value is -2.12. The molecule has 1 N–H and O–H groups in total. The molecule has 1 atom stereocenters. The van der Waals surface area contributed by atoms with Crippen molar-refractivity contribution < 1.29 is 31.9 Å². The number of carbonyl (C=O) groups excluding carboxylic acids is 2. The Morgan fingerprint density at radius 1 is 0.811 bits per heavy atom. The maximum atomic E-state index is 13.4.